The Bertz CT molecular complexity index is 675. The van der Waals surface area contributed by atoms with Crippen LogP contribution in [0.1, 0.15) is 25.7 Å². The summed E-state index contributed by atoms with van der Waals surface area (Å²) < 4.78 is 27.6. The number of rotatable bonds is 4. The van der Waals surface area contributed by atoms with Gasteiger partial charge in [0.15, 0.2) is 6.19 Å². The molecule has 1 atom stereocenters. The second-order valence-electron chi connectivity index (χ2n) is 6.19. The molecule has 2 fully saturated rings. The standard InChI is InChI=1S/C16H22N4O2S/c17-13-19-11-8-14(12-19)18-23(21,22)16-6-4-15(5-7-16)20-9-2-1-3-10-20/h4-7,14,18H,1-3,8-12H2. The summed E-state index contributed by atoms with van der Waals surface area (Å²) in [7, 11) is -3.53. The van der Waals surface area contributed by atoms with Gasteiger partial charge in [-0.1, -0.05) is 0 Å². The van der Waals surface area contributed by atoms with Gasteiger partial charge in [-0.15, -0.1) is 0 Å². The number of piperidine rings is 1. The molecule has 1 aromatic rings. The Morgan fingerprint density at radius 3 is 2.39 bits per heavy atom. The Hall–Kier alpha value is -1.78. The summed E-state index contributed by atoms with van der Waals surface area (Å²) in [4.78, 5) is 4.16. The molecule has 0 aromatic heterocycles. The molecule has 2 aliphatic rings. The van der Waals surface area contributed by atoms with E-state index in [-0.39, 0.29) is 10.9 Å². The molecule has 0 aliphatic carbocycles. The third kappa shape index (κ3) is 3.77. The highest BCUT2D eigenvalue weighted by molar-refractivity contribution is 7.89. The third-order valence-electron chi connectivity index (χ3n) is 4.52. The first kappa shape index (κ1) is 16.1. The van der Waals surface area contributed by atoms with Crippen LogP contribution in [0, 0.1) is 11.5 Å². The SMILES string of the molecule is N#CN1CCC(NS(=O)(=O)c2ccc(N3CCCCC3)cc2)C1. The fourth-order valence-electron chi connectivity index (χ4n) is 3.22. The summed E-state index contributed by atoms with van der Waals surface area (Å²) in [5.74, 6) is 0. The highest BCUT2D eigenvalue weighted by atomic mass is 32.2. The number of likely N-dealkylation sites (tertiary alicyclic amines) is 1. The van der Waals surface area contributed by atoms with Crippen molar-refractivity contribution in [3.63, 3.8) is 0 Å². The summed E-state index contributed by atoms with van der Waals surface area (Å²) in [6, 6.07) is 6.92. The van der Waals surface area contributed by atoms with Crippen molar-refractivity contribution in [2.45, 2.75) is 36.6 Å². The van der Waals surface area contributed by atoms with Crippen molar-refractivity contribution in [3.8, 4) is 6.19 Å². The van der Waals surface area contributed by atoms with E-state index < -0.39 is 10.0 Å². The number of nitriles is 1. The first-order valence-corrected chi connectivity index (χ1v) is 9.59. The molecule has 0 amide bonds. The van der Waals surface area contributed by atoms with Crippen LogP contribution in [0.2, 0.25) is 0 Å². The second kappa shape index (κ2) is 6.77. The molecule has 0 saturated carbocycles. The quantitative estimate of drug-likeness (QED) is 0.845. The maximum absolute atomic E-state index is 12.4. The first-order chi connectivity index (χ1) is 11.1. The van der Waals surface area contributed by atoms with Gasteiger partial charge in [0.05, 0.1) is 4.90 Å². The van der Waals surface area contributed by atoms with Crippen LogP contribution in [0.25, 0.3) is 0 Å². The molecule has 1 aromatic carbocycles. The van der Waals surface area contributed by atoms with E-state index >= 15 is 0 Å². The van der Waals surface area contributed by atoms with Crippen LogP contribution in [0.4, 0.5) is 5.69 Å². The van der Waals surface area contributed by atoms with E-state index in [1.54, 1.807) is 17.0 Å². The lowest BCUT2D eigenvalue weighted by atomic mass is 10.1. The number of hydrogen-bond donors (Lipinski definition) is 1. The van der Waals surface area contributed by atoms with E-state index in [1.807, 2.05) is 12.1 Å². The average molecular weight is 334 g/mol. The predicted molar refractivity (Wildman–Crippen MR) is 88.4 cm³/mol. The van der Waals surface area contributed by atoms with Gasteiger partial charge in [0.2, 0.25) is 10.0 Å². The monoisotopic (exact) mass is 334 g/mol. The van der Waals surface area contributed by atoms with Crippen LogP contribution < -0.4 is 9.62 Å². The third-order valence-corrected chi connectivity index (χ3v) is 6.06. The van der Waals surface area contributed by atoms with Crippen LogP contribution in [-0.4, -0.2) is 45.5 Å². The minimum atomic E-state index is -3.53. The van der Waals surface area contributed by atoms with Gasteiger partial charge in [-0.25, -0.2) is 13.1 Å². The molecule has 23 heavy (non-hydrogen) atoms. The van der Waals surface area contributed by atoms with Crippen LogP contribution in [0.5, 0.6) is 0 Å². The highest BCUT2D eigenvalue weighted by Gasteiger charge is 2.26. The largest absolute Gasteiger partial charge is 0.372 e. The van der Waals surface area contributed by atoms with E-state index in [1.165, 1.54) is 19.3 Å². The summed E-state index contributed by atoms with van der Waals surface area (Å²) in [6.45, 7) is 3.13. The van der Waals surface area contributed by atoms with Crippen molar-refractivity contribution in [1.82, 2.24) is 9.62 Å². The molecule has 6 nitrogen and oxygen atoms in total. The zero-order chi connectivity index (χ0) is 16.3. The zero-order valence-corrected chi connectivity index (χ0v) is 13.9. The minimum Gasteiger partial charge on any atom is -0.372 e. The van der Waals surface area contributed by atoms with Crippen molar-refractivity contribution < 1.29 is 8.42 Å². The molecule has 2 aliphatic heterocycles. The molecule has 2 saturated heterocycles. The van der Waals surface area contributed by atoms with Gasteiger partial charge in [0, 0.05) is 37.9 Å². The summed E-state index contributed by atoms with van der Waals surface area (Å²) in [5, 5.41) is 8.85. The van der Waals surface area contributed by atoms with Gasteiger partial charge in [-0.2, -0.15) is 5.26 Å². The second-order valence-corrected chi connectivity index (χ2v) is 7.91. The van der Waals surface area contributed by atoms with Crippen LogP contribution in [-0.2, 0) is 10.0 Å². The fraction of sp³-hybridized carbons (Fsp3) is 0.562. The number of hydrogen-bond acceptors (Lipinski definition) is 5. The maximum Gasteiger partial charge on any atom is 0.240 e. The molecule has 1 N–H and O–H groups in total. The molecule has 2 heterocycles. The minimum absolute atomic E-state index is 0.193. The highest BCUT2D eigenvalue weighted by Crippen LogP contribution is 2.22. The Balaban J connectivity index is 1.67. The Labute approximate surface area is 137 Å². The zero-order valence-electron chi connectivity index (χ0n) is 13.1. The van der Waals surface area contributed by atoms with Crippen LogP contribution >= 0.6 is 0 Å². The Morgan fingerprint density at radius 1 is 1.09 bits per heavy atom. The van der Waals surface area contributed by atoms with Gasteiger partial charge >= 0.3 is 0 Å². The van der Waals surface area contributed by atoms with Crippen molar-refractivity contribution in [1.29, 1.82) is 5.26 Å². The van der Waals surface area contributed by atoms with Crippen LogP contribution in [0.3, 0.4) is 0 Å². The van der Waals surface area contributed by atoms with E-state index in [2.05, 4.69) is 15.8 Å². The molecule has 124 valence electrons. The first-order valence-electron chi connectivity index (χ1n) is 8.10. The summed E-state index contributed by atoms with van der Waals surface area (Å²) >= 11 is 0. The van der Waals surface area contributed by atoms with Crippen molar-refractivity contribution in [2.75, 3.05) is 31.1 Å². The van der Waals surface area contributed by atoms with E-state index in [0.717, 1.165) is 18.8 Å². The number of sulfonamides is 1. The van der Waals surface area contributed by atoms with E-state index in [4.69, 9.17) is 5.26 Å². The van der Waals surface area contributed by atoms with E-state index in [0.29, 0.717) is 19.5 Å². The molecule has 0 radical (unpaired) electrons. The number of nitrogens with zero attached hydrogens (tertiary/aromatic N) is 3. The van der Waals surface area contributed by atoms with Gasteiger partial charge in [0.1, 0.15) is 0 Å². The topological polar surface area (TPSA) is 76.4 Å². The summed E-state index contributed by atoms with van der Waals surface area (Å²) in [6.07, 6.45) is 6.38. The van der Waals surface area contributed by atoms with Gasteiger partial charge in [-0.3, -0.25) is 0 Å². The van der Waals surface area contributed by atoms with Crippen LogP contribution in [0.15, 0.2) is 29.2 Å². The lowest BCUT2D eigenvalue weighted by molar-refractivity contribution is 0.470. The molecule has 7 heteroatoms. The van der Waals surface area contributed by atoms with Gasteiger partial charge < -0.3 is 9.80 Å². The normalized spacial score (nSPS) is 22.1. The lowest BCUT2D eigenvalue weighted by Gasteiger charge is -2.28. The molecule has 0 spiro atoms. The maximum atomic E-state index is 12.4. The Kier molecular flexibility index (Phi) is 4.74. The van der Waals surface area contributed by atoms with Gasteiger partial charge in [-0.05, 0) is 49.9 Å². The van der Waals surface area contributed by atoms with Crippen molar-refractivity contribution in [3.05, 3.63) is 24.3 Å². The van der Waals surface area contributed by atoms with Gasteiger partial charge in [0.25, 0.3) is 0 Å². The van der Waals surface area contributed by atoms with Crippen molar-refractivity contribution in [2.24, 2.45) is 0 Å². The molecular weight excluding hydrogens is 312 g/mol. The molecule has 3 rings (SSSR count). The smallest absolute Gasteiger partial charge is 0.240 e. The lowest BCUT2D eigenvalue weighted by Crippen LogP contribution is -2.36. The molecule has 1 unspecified atom stereocenters. The van der Waals surface area contributed by atoms with E-state index in [9.17, 15) is 8.42 Å². The number of nitrogens with one attached hydrogen (secondary N) is 1. The molecular formula is C16H22N4O2S. The number of anilines is 1. The average Bonchev–Trinajstić information content (AvgIpc) is 3.03. The summed E-state index contributed by atoms with van der Waals surface area (Å²) in [5.41, 5.74) is 1.08. The fourth-order valence-corrected chi connectivity index (χ4v) is 4.48. The Morgan fingerprint density at radius 2 is 1.78 bits per heavy atom. The molecule has 0 bridgehead atoms. The predicted octanol–water partition coefficient (Wildman–Crippen LogP) is 1.51. The van der Waals surface area contributed by atoms with Crippen molar-refractivity contribution >= 4 is 15.7 Å². The number of benzene rings is 1.